The smallest absolute Gasteiger partial charge is 0.315 e. The first kappa shape index (κ1) is 16.2. The second kappa shape index (κ2) is 7.72. The van der Waals surface area contributed by atoms with Crippen LogP contribution < -0.4 is 20.1 Å². The number of benzene rings is 1. The van der Waals surface area contributed by atoms with E-state index in [4.69, 9.17) is 9.47 Å². The number of imidazole rings is 1. The van der Waals surface area contributed by atoms with Crippen LogP contribution in [-0.2, 0) is 6.54 Å². The van der Waals surface area contributed by atoms with Crippen molar-refractivity contribution in [1.29, 1.82) is 0 Å². The molecule has 1 atom stereocenters. The number of fused-ring (bicyclic) bond motifs is 1. The molecule has 2 N–H and O–H groups in total. The van der Waals surface area contributed by atoms with Crippen molar-refractivity contribution in [1.82, 2.24) is 20.2 Å². The average molecular weight is 330 g/mol. The lowest BCUT2D eigenvalue weighted by Crippen LogP contribution is -2.37. The van der Waals surface area contributed by atoms with Crippen LogP contribution in [0.25, 0.3) is 0 Å². The van der Waals surface area contributed by atoms with E-state index in [1.807, 2.05) is 35.9 Å². The van der Waals surface area contributed by atoms with E-state index in [0.717, 1.165) is 30.0 Å². The first-order valence-electron chi connectivity index (χ1n) is 8.12. The quantitative estimate of drug-likeness (QED) is 0.795. The maximum atomic E-state index is 12.0. The third-order valence-electron chi connectivity index (χ3n) is 3.85. The van der Waals surface area contributed by atoms with Crippen molar-refractivity contribution < 1.29 is 14.3 Å². The van der Waals surface area contributed by atoms with Gasteiger partial charge in [-0.25, -0.2) is 9.78 Å². The summed E-state index contributed by atoms with van der Waals surface area (Å²) in [6, 6.07) is 5.44. The van der Waals surface area contributed by atoms with E-state index >= 15 is 0 Å². The van der Waals surface area contributed by atoms with Crippen LogP contribution in [0.15, 0.2) is 36.9 Å². The summed E-state index contributed by atoms with van der Waals surface area (Å²) in [6.45, 7) is 4.50. The Morgan fingerprint density at radius 1 is 1.33 bits per heavy atom. The number of rotatable bonds is 6. The van der Waals surface area contributed by atoms with Crippen LogP contribution >= 0.6 is 0 Å². The number of hydrogen-bond acceptors (Lipinski definition) is 4. The van der Waals surface area contributed by atoms with Gasteiger partial charge in [-0.05, 0) is 31.0 Å². The summed E-state index contributed by atoms with van der Waals surface area (Å²) >= 11 is 0. The van der Waals surface area contributed by atoms with Crippen LogP contribution in [0.5, 0.6) is 11.5 Å². The number of carbonyl (C=O) groups is 1. The zero-order chi connectivity index (χ0) is 16.8. The minimum atomic E-state index is -0.178. The molecule has 2 amide bonds. The Bertz CT molecular complexity index is 672. The number of urea groups is 1. The van der Waals surface area contributed by atoms with E-state index < -0.39 is 0 Å². The molecule has 2 aromatic rings. The highest BCUT2D eigenvalue weighted by molar-refractivity contribution is 5.74. The topological polar surface area (TPSA) is 77.4 Å². The van der Waals surface area contributed by atoms with Crippen LogP contribution in [0, 0.1) is 0 Å². The van der Waals surface area contributed by atoms with Crippen LogP contribution in [-0.4, -0.2) is 35.3 Å². The summed E-state index contributed by atoms with van der Waals surface area (Å²) in [5.41, 5.74) is 0.979. The number of aryl methyl sites for hydroxylation is 1. The van der Waals surface area contributed by atoms with Gasteiger partial charge in [-0.1, -0.05) is 6.07 Å². The minimum Gasteiger partial charge on any atom is -0.486 e. The fraction of sp³-hybridized carbons (Fsp3) is 0.412. The molecule has 0 spiro atoms. The lowest BCUT2D eigenvalue weighted by atomic mass is 10.1. The van der Waals surface area contributed by atoms with Crippen LogP contribution in [0.2, 0.25) is 0 Å². The van der Waals surface area contributed by atoms with Gasteiger partial charge in [0.25, 0.3) is 0 Å². The summed E-state index contributed by atoms with van der Waals surface area (Å²) in [5, 5.41) is 5.80. The Balaban J connectivity index is 1.43. The van der Waals surface area contributed by atoms with Gasteiger partial charge in [0.1, 0.15) is 13.2 Å². The highest BCUT2D eigenvalue weighted by Crippen LogP contribution is 2.32. The Labute approximate surface area is 141 Å². The Hall–Kier alpha value is -2.70. The lowest BCUT2D eigenvalue weighted by Gasteiger charge is -2.21. The van der Waals surface area contributed by atoms with Crippen molar-refractivity contribution in [3.8, 4) is 11.5 Å². The lowest BCUT2D eigenvalue weighted by molar-refractivity contribution is 0.171. The second-order valence-corrected chi connectivity index (χ2v) is 5.68. The molecule has 0 saturated carbocycles. The molecule has 0 bridgehead atoms. The molecular formula is C17H22N4O3. The van der Waals surface area contributed by atoms with Gasteiger partial charge >= 0.3 is 6.03 Å². The predicted molar refractivity (Wildman–Crippen MR) is 89.2 cm³/mol. The number of ether oxygens (including phenoxy) is 2. The highest BCUT2D eigenvalue weighted by Gasteiger charge is 2.15. The molecule has 3 rings (SSSR count). The summed E-state index contributed by atoms with van der Waals surface area (Å²) in [5.74, 6) is 1.48. The summed E-state index contributed by atoms with van der Waals surface area (Å²) < 4.78 is 13.1. The second-order valence-electron chi connectivity index (χ2n) is 5.68. The van der Waals surface area contributed by atoms with Crippen molar-refractivity contribution in [3.05, 3.63) is 42.5 Å². The molecule has 0 saturated heterocycles. The summed E-state index contributed by atoms with van der Waals surface area (Å²) in [7, 11) is 0. The molecule has 2 heterocycles. The highest BCUT2D eigenvalue weighted by atomic mass is 16.6. The van der Waals surface area contributed by atoms with Gasteiger partial charge in [0.05, 0.1) is 12.4 Å². The van der Waals surface area contributed by atoms with Crippen molar-refractivity contribution in [2.45, 2.75) is 25.9 Å². The normalized spacial score (nSPS) is 14.0. The first-order valence-corrected chi connectivity index (χ1v) is 8.12. The largest absolute Gasteiger partial charge is 0.486 e. The van der Waals surface area contributed by atoms with E-state index in [1.165, 1.54) is 0 Å². The van der Waals surface area contributed by atoms with E-state index in [1.54, 1.807) is 12.5 Å². The Morgan fingerprint density at radius 2 is 2.17 bits per heavy atom. The maximum absolute atomic E-state index is 12.0. The molecule has 0 fully saturated rings. The van der Waals surface area contributed by atoms with Crippen molar-refractivity contribution in [2.75, 3.05) is 19.8 Å². The van der Waals surface area contributed by atoms with Gasteiger partial charge in [-0.3, -0.25) is 0 Å². The standard InChI is InChI=1S/C17H22N4O3/c1-13(14-3-4-15-16(11-14)24-10-9-23-15)20-17(22)19-5-2-7-21-8-6-18-12-21/h3-4,6,8,11-13H,2,5,7,9-10H2,1H3,(H2,19,20,22)/t13-/m0/s1. The monoisotopic (exact) mass is 330 g/mol. The third-order valence-corrected chi connectivity index (χ3v) is 3.85. The van der Waals surface area contributed by atoms with Gasteiger partial charge in [0.15, 0.2) is 11.5 Å². The van der Waals surface area contributed by atoms with Crippen molar-refractivity contribution in [2.24, 2.45) is 0 Å². The van der Waals surface area contributed by atoms with Crippen LogP contribution in [0.4, 0.5) is 4.79 Å². The predicted octanol–water partition coefficient (Wildman–Crippen LogP) is 2.10. The first-order chi connectivity index (χ1) is 11.7. The average Bonchev–Trinajstić information content (AvgIpc) is 3.11. The fourth-order valence-electron chi connectivity index (χ4n) is 2.54. The van der Waals surface area contributed by atoms with Crippen molar-refractivity contribution in [3.63, 3.8) is 0 Å². The third kappa shape index (κ3) is 4.18. The summed E-state index contributed by atoms with van der Waals surface area (Å²) in [6.07, 6.45) is 6.27. The van der Waals surface area contributed by atoms with Gasteiger partial charge in [0.2, 0.25) is 0 Å². The zero-order valence-corrected chi connectivity index (χ0v) is 13.7. The summed E-state index contributed by atoms with van der Waals surface area (Å²) in [4.78, 5) is 16.0. The van der Waals surface area contributed by atoms with Gasteiger partial charge in [0, 0.05) is 25.5 Å². The molecule has 24 heavy (non-hydrogen) atoms. The van der Waals surface area contributed by atoms with E-state index in [2.05, 4.69) is 15.6 Å². The SMILES string of the molecule is C[C@H](NC(=O)NCCCn1ccnc1)c1ccc2c(c1)OCCO2. The number of carbonyl (C=O) groups excluding carboxylic acids is 1. The van der Waals surface area contributed by atoms with Crippen LogP contribution in [0.3, 0.4) is 0 Å². The molecule has 0 aliphatic carbocycles. The van der Waals surface area contributed by atoms with Crippen molar-refractivity contribution >= 4 is 6.03 Å². The van der Waals surface area contributed by atoms with E-state index in [9.17, 15) is 4.79 Å². The number of nitrogens with zero attached hydrogens (tertiary/aromatic N) is 2. The molecule has 1 aliphatic rings. The number of nitrogens with one attached hydrogen (secondary N) is 2. The molecule has 7 heteroatoms. The molecule has 0 radical (unpaired) electrons. The molecule has 1 aromatic carbocycles. The fourth-order valence-corrected chi connectivity index (χ4v) is 2.54. The Morgan fingerprint density at radius 3 is 2.96 bits per heavy atom. The Kier molecular flexibility index (Phi) is 5.20. The number of amides is 2. The zero-order valence-electron chi connectivity index (χ0n) is 13.7. The number of aromatic nitrogens is 2. The van der Waals surface area contributed by atoms with Gasteiger partial charge < -0.3 is 24.7 Å². The van der Waals surface area contributed by atoms with Gasteiger partial charge in [-0.15, -0.1) is 0 Å². The molecule has 1 aliphatic heterocycles. The minimum absolute atomic E-state index is 0.116. The van der Waals surface area contributed by atoms with Gasteiger partial charge in [-0.2, -0.15) is 0 Å². The van der Waals surface area contributed by atoms with E-state index in [0.29, 0.717) is 19.8 Å². The molecule has 1 aromatic heterocycles. The van der Waals surface area contributed by atoms with Crippen LogP contribution in [0.1, 0.15) is 24.9 Å². The molecule has 128 valence electrons. The number of hydrogen-bond donors (Lipinski definition) is 2. The maximum Gasteiger partial charge on any atom is 0.315 e. The molecular weight excluding hydrogens is 308 g/mol. The van der Waals surface area contributed by atoms with E-state index in [-0.39, 0.29) is 12.1 Å². The molecule has 7 nitrogen and oxygen atoms in total. The molecule has 0 unspecified atom stereocenters.